The third-order valence-electron chi connectivity index (χ3n) is 3.44. The molecule has 1 aliphatic carbocycles. The molecule has 0 saturated carbocycles. The van der Waals surface area contributed by atoms with Gasteiger partial charge in [-0.15, -0.1) is 0 Å². The summed E-state index contributed by atoms with van der Waals surface area (Å²) in [5.74, 6) is -0.00479. The molecular weight excluding hydrogens is 300 g/mol. The highest BCUT2D eigenvalue weighted by Crippen LogP contribution is 2.27. The van der Waals surface area contributed by atoms with Crippen molar-refractivity contribution in [1.82, 2.24) is 5.06 Å². The van der Waals surface area contributed by atoms with Crippen LogP contribution in [0.3, 0.4) is 0 Å². The van der Waals surface area contributed by atoms with Crippen LogP contribution in [-0.4, -0.2) is 22.4 Å². The molecule has 1 N–H and O–H groups in total. The molecule has 22 heavy (non-hydrogen) atoms. The molecule has 1 aromatic carbocycles. The van der Waals surface area contributed by atoms with E-state index in [9.17, 15) is 10.0 Å². The number of halogens is 1. The Morgan fingerprint density at radius 2 is 1.86 bits per heavy atom. The zero-order chi connectivity index (χ0) is 15.7. The van der Waals surface area contributed by atoms with E-state index in [1.54, 1.807) is 37.3 Å². The standard InChI is InChI=1S/C17H13ClN2O2/c1-11-8-13(4-7-17(11)21)15-9-16(20(22)10-19-15)12-2-5-14(18)6-3-12/h2-10,22H,1H3. The van der Waals surface area contributed by atoms with Crippen molar-refractivity contribution < 1.29 is 10.0 Å². The first-order valence-corrected chi connectivity index (χ1v) is 7.07. The zero-order valence-electron chi connectivity index (χ0n) is 11.8. The molecule has 4 nitrogen and oxygen atoms in total. The molecule has 0 bridgehead atoms. The van der Waals surface area contributed by atoms with Gasteiger partial charge >= 0.3 is 0 Å². The van der Waals surface area contributed by atoms with E-state index in [1.165, 1.54) is 12.4 Å². The average Bonchev–Trinajstić information content (AvgIpc) is 2.52. The molecule has 110 valence electrons. The molecule has 1 aromatic rings. The summed E-state index contributed by atoms with van der Waals surface area (Å²) in [4.78, 5) is 15.7. The van der Waals surface area contributed by atoms with E-state index in [-0.39, 0.29) is 5.78 Å². The lowest BCUT2D eigenvalue weighted by atomic mass is 9.99. The van der Waals surface area contributed by atoms with Crippen molar-refractivity contribution in [2.24, 2.45) is 4.99 Å². The minimum absolute atomic E-state index is 0.00479. The Morgan fingerprint density at radius 1 is 1.14 bits per heavy atom. The van der Waals surface area contributed by atoms with Crippen LogP contribution >= 0.6 is 11.6 Å². The molecule has 0 unspecified atom stereocenters. The predicted molar refractivity (Wildman–Crippen MR) is 86.5 cm³/mol. The fourth-order valence-corrected chi connectivity index (χ4v) is 2.34. The van der Waals surface area contributed by atoms with Crippen LogP contribution < -0.4 is 0 Å². The van der Waals surface area contributed by atoms with Crippen molar-refractivity contribution >= 4 is 29.4 Å². The topological polar surface area (TPSA) is 52.9 Å². The number of nitrogens with zero attached hydrogens (tertiary/aromatic N) is 2. The second kappa shape index (κ2) is 5.75. The number of hydrogen-bond donors (Lipinski definition) is 1. The van der Waals surface area contributed by atoms with Gasteiger partial charge in [-0.2, -0.15) is 0 Å². The molecule has 0 spiro atoms. The van der Waals surface area contributed by atoms with E-state index in [1.807, 2.05) is 12.1 Å². The normalized spacial score (nSPS) is 21.0. The number of hydroxylamine groups is 2. The molecule has 0 amide bonds. The first-order valence-electron chi connectivity index (χ1n) is 6.69. The van der Waals surface area contributed by atoms with Crippen molar-refractivity contribution in [1.29, 1.82) is 0 Å². The van der Waals surface area contributed by atoms with Crippen LogP contribution in [0, 0.1) is 0 Å². The fourth-order valence-electron chi connectivity index (χ4n) is 2.21. The van der Waals surface area contributed by atoms with Crippen molar-refractivity contribution in [2.45, 2.75) is 6.92 Å². The Bertz CT molecular complexity index is 783. The molecular formula is C17H13ClN2O2. The summed E-state index contributed by atoms with van der Waals surface area (Å²) in [5.41, 5.74) is 3.57. The highest BCUT2D eigenvalue weighted by molar-refractivity contribution is 6.30. The number of allylic oxidation sites excluding steroid dienone is 6. The quantitative estimate of drug-likeness (QED) is 0.859. The predicted octanol–water partition coefficient (Wildman–Crippen LogP) is 3.75. The Morgan fingerprint density at radius 3 is 2.55 bits per heavy atom. The van der Waals surface area contributed by atoms with E-state index in [2.05, 4.69) is 4.99 Å². The second-order valence-electron chi connectivity index (χ2n) is 4.99. The maximum Gasteiger partial charge on any atom is 0.181 e. The average molecular weight is 313 g/mol. The summed E-state index contributed by atoms with van der Waals surface area (Å²) in [6.45, 7) is 1.76. The molecule has 2 aliphatic rings. The highest BCUT2D eigenvalue weighted by Gasteiger charge is 2.16. The minimum atomic E-state index is -0.00479. The van der Waals surface area contributed by atoms with Crippen LogP contribution in [0.15, 0.2) is 70.4 Å². The van der Waals surface area contributed by atoms with Crippen LogP contribution in [0.25, 0.3) is 5.70 Å². The van der Waals surface area contributed by atoms with Gasteiger partial charge in [0.2, 0.25) is 0 Å². The number of rotatable bonds is 1. The van der Waals surface area contributed by atoms with Gasteiger partial charge in [-0.05, 0) is 48.9 Å². The lowest BCUT2D eigenvalue weighted by Crippen LogP contribution is -2.18. The smallest absolute Gasteiger partial charge is 0.181 e. The van der Waals surface area contributed by atoms with Crippen molar-refractivity contribution in [3.05, 3.63) is 76.0 Å². The number of ketones is 1. The third kappa shape index (κ3) is 2.79. The molecule has 0 radical (unpaired) electrons. The molecule has 0 fully saturated rings. The lowest BCUT2D eigenvalue weighted by Gasteiger charge is -2.20. The first kappa shape index (κ1) is 14.5. The van der Waals surface area contributed by atoms with Gasteiger partial charge in [0.05, 0.1) is 11.4 Å². The highest BCUT2D eigenvalue weighted by atomic mass is 35.5. The van der Waals surface area contributed by atoms with E-state index >= 15 is 0 Å². The molecule has 5 heteroatoms. The van der Waals surface area contributed by atoms with Gasteiger partial charge in [0.15, 0.2) is 5.78 Å². The summed E-state index contributed by atoms with van der Waals surface area (Å²) in [5, 5.41) is 11.6. The molecule has 0 aromatic heterocycles. The van der Waals surface area contributed by atoms with E-state index in [0.29, 0.717) is 22.0 Å². The van der Waals surface area contributed by atoms with Crippen molar-refractivity contribution in [3.8, 4) is 0 Å². The number of carbonyl (C=O) groups is 1. The number of benzene rings is 1. The molecule has 1 aliphatic heterocycles. The van der Waals surface area contributed by atoms with Crippen LogP contribution in [0.4, 0.5) is 0 Å². The summed E-state index contributed by atoms with van der Waals surface area (Å²) >= 11 is 5.89. The minimum Gasteiger partial charge on any atom is -0.290 e. The summed E-state index contributed by atoms with van der Waals surface area (Å²) < 4.78 is 0. The maximum atomic E-state index is 11.5. The Balaban J connectivity index is 2.05. The summed E-state index contributed by atoms with van der Waals surface area (Å²) in [6, 6.07) is 7.15. The Labute approximate surface area is 133 Å². The fraction of sp³-hybridized carbons (Fsp3) is 0.0588. The van der Waals surface area contributed by atoms with Crippen LogP contribution in [-0.2, 0) is 4.79 Å². The zero-order valence-corrected chi connectivity index (χ0v) is 12.6. The van der Waals surface area contributed by atoms with Gasteiger partial charge in [-0.25, -0.2) is 10.1 Å². The van der Waals surface area contributed by atoms with Gasteiger partial charge in [0, 0.05) is 16.2 Å². The molecule has 0 saturated heterocycles. The van der Waals surface area contributed by atoms with Crippen LogP contribution in [0.1, 0.15) is 12.5 Å². The lowest BCUT2D eigenvalue weighted by molar-refractivity contribution is -0.111. The number of hydrogen-bond acceptors (Lipinski definition) is 4. The van der Waals surface area contributed by atoms with E-state index < -0.39 is 0 Å². The van der Waals surface area contributed by atoms with E-state index in [4.69, 9.17) is 11.6 Å². The van der Waals surface area contributed by atoms with Gasteiger partial charge in [0.25, 0.3) is 0 Å². The van der Waals surface area contributed by atoms with Gasteiger partial charge in [0.1, 0.15) is 6.34 Å². The van der Waals surface area contributed by atoms with Gasteiger partial charge < -0.3 is 0 Å². The van der Waals surface area contributed by atoms with Gasteiger partial charge in [-0.1, -0.05) is 23.7 Å². The van der Waals surface area contributed by atoms with Crippen LogP contribution in [0.5, 0.6) is 0 Å². The largest absolute Gasteiger partial charge is 0.290 e. The first-order chi connectivity index (χ1) is 10.5. The van der Waals surface area contributed by atoms with E-state index in [0.717, 1.165) is 16.2 Å². The van der Waals surface area contributed by atoms with Crippen molar-refractivity contribution in [3.63, 3.8) is 0 Å². The summed E-state index contributed by atoms with van der Waals surface area (Å²) in [7, 11) is 0. The Kier molecular flexibility index (Phi) is 3.79. The summed E-state index contributed by atoms with van der Waals surface area (Å²) in [6.07, 6.45) is 8.14. The Hall–Kier alpha value is -2.43. The molecule has 3 rings (SSSR count). The monoisotopic (exact) mass is 312 g/mol. The second-order valence-corrected chi connectivity index (χ2v) is 5.43. The maximum absolute atomic E-state index is 11.5. The molecule has 0 atom stereocenters. The van der Waals surface area contributed by atoms with Gasteiger partial charge in [-0.3, -0.25) is 10.0 Å². The molecule has 1 heterocycles. The number of aliphatic imine (C=N–C) groups is 1. The SMILES string of the molecule is CC1=CC(=C2C=C(c3ccc(Cl)cc3)N(O)C=N2)C=CC1=O. The van der Waals surface area contributed by atoms with Crippen LogP contribution in [0.2, 0.25) is 5.02 Å². The third-order valence-corrected chi connectivity index (χ3v) is 3.69. The number of carbonyl (C=O) groups excluding carboxylic acids is 1. The van der Waals surface area contributed by atoms with Crippen molar-refractivity contribution in [2.75, 3.05) is 0 Å².